The van der Waals surface area contributed by atoms with Gasteiger partial charge >= 0.3 is 5.97 Å². The number of nitrogens with one attached hydrogen (secondary N) is 1. The lowest BCUT2D eigenvalue weighted by Gasteiger charge is -2.53. The molecule has 0 heterocycles. The summed E-state index contributed by atoms with van der Waals surface area (Å²) in [5.74, 6) is 0.627. The highest BCUT2D eigenvalue weighted by molar-refractivity contribution is 5.90. The summed E-state index contributed by atoms with van der Waals surface area (Å²) in [6.07, 6.45) is 4.06. The van der Waals surface area contributed by atoms with Crippen LogP contribution in [0.1, 0.15) is 32.1 Å². The summed E-state index contributed by atoms with van der Waals surface area (Å²) in [4.78, 5) is 24.2. The Kier molecular flexibility index (Phi) is 3.60. The van der Waals surface area contributed by atoms with Crippen LogP contribution >= 0.6 is 12.4 Å². The number of halogens is 1. The third-order valence-electron chi connectivity index (χ3n) is 4.79. The Hall–Kier alpha value is -1.10. The summed E-state index contributed by atoms with van der Waals surface area (Å²) in [5.41, 5.74) is 4.75. The summed E-state index contributed by atoms with van der Waals surface area (Å²) < 4.78 is 5.12. The predicted molar refractivity (Wildman–Crippen MR) is 71.1 cm³/mol. The highest BCUT2D eigenvalue weighted by Crippen LogP contribution is 2.58. The molecule has 19 heavy (non-hydrogen) atoms. The van der Waals surface area contributed by atoms with Crippen molar-refractivity contribution in [3.63, 3.8) is 0 Å². The molecule has 0 amide bonds. The average molecular weight is 287 g/mol. The maximum Gasteiger partial charge on any atom is 0.312 e. The van der Waals surface area contributed by atoms with Crippen LogP contribution in [-0.4, -0.2) is 24.2 Å². The first-order valence-corrected chi connectivity index (χ1v) is 6.54. The van der Waals surface area contributed by atoms with Crippen molar-refractivity contribution in [3.05, 3.63) is 0 Å². The molecule has 4 aliphatic carbocycles. The van der Waals surface area contributed by atoms with Crippen LogP contribution < -0.4 is 5.73 Å². The second-order valence-corrected chi connectivity index (χ2v) is 6.13. The van der Waals surface area contributed by atoms with Crippen LogP contribution in [0.25, 0.3) is 0 Å². The Bertz CT molecular complexity index is 420. The fraction of sp³-hybridized carbons (Fsp3) is 0.769. The van der Waals surface area contributed by atoms with E-state index in [0.717, 1.165) is 19.3 Å². The van der Waals surface area contributed by atoms with Gasteiger partial charge in [-0.1, -0.05) is 0 Å². The number of carbonyl (C=O) groups excluding carboxylic acids is 2. The highest BCUT2D eigenvalue weighted by atomic mass is 35.5. The topological polar surface area (TPSA) is 93.2 Å². The molecule has 0 spiro atoms. The smallest absolute Gasteiger partial charge is 0.312 e. The quantitative estimate of drug-likeness (QED) is 0.464. The fourth-order valence-corrected chi connectivity index (χ4v) is 4.29. The molecular formula is C13H19ClN2O3. The lowest BCUT2D eigenvalue weighted by molar-refractivity contribution is -0.173. The van der Waals surface area contributed by atoms with Crippen LogP contribution in [0.2, 0.25) is 0 Å². The van der Waals surface area contributed by atoms with Crippen molar-refractivity contribution >= 4 is 30.0 Å². The third-order valence-corrected chi connectivity index (χ3v) is 4.79. The molecule has 106 valence electrons. The summed E-state index contributed by atoms with van der Waals surface area (Å²) in [6.45, 7) is -0.130. The van der Waals surface area contributed by atoms with E-state index in [1.807, 2.05) is 0 Å². The lowest BCUT2D eigenvalue weighted by atomic mass is 9.49. The number of Topliss-reactive ketones (excluding diaryl/α,β-unsaturated/α-hetero) is 1. The number of hydrogen-bond donors (Lipinski definition) is 2. The Morgan fingerprint density at radius 1 is 1.32 bits per heavy atom. The van der Waals surface area contributed by atoms with Gasteiger partial charge in [-0.05, 0) is 38.0 Å². The molecule has 0 saturated heterocycles. The molecule has 0 aromatic heterocycles. The molecule has 5 nitrogen and oxygen atoms in total. The van der Waals surface area contributed by atoms with Crippen LogP contribution in [0, 0.1) is 28.6 Å². The minimum atomic E-state index is -0.458. The van der Waals surface area contributed by atoms with Gasteiger partial charge in [0.2, 0.25) is 0 Å². The molecule has 2 unspecified atom stereocenters. The van der Waals surface area contributed by atoms with E-state index < -0.39 is 5.41 Å². The van der Waals surface area contributed by atoms with Crippen LogP contribution in [-0.2, 0) is 14.3 Å². The van der Waals surface area contributed by atoms with E-state index >= 15 is 0 Å². The van der Waals surface area contributed by atoms with E-state index in [1.54, 1.807) is 0 Å². The summed E-state index contributed by atoms with van der Waals surface area (Å²) in [5, 5.41) is 7.10. The summed E-state index contributed by atoms with van der Waals surface area (Å²) in [6, 6.07) is 0. The zero-order chi connectivity index (χ0) is 12.9. The first kappa shape index (κ1) is 14.3. The van der Waals surface area contributed by atoms with E-state index in [4.69, 9.17) is 15.9 Å². The normalized spacial score (nSPS) is 38.7. The van der Waals surface area contributed by atoms with Crippen molar-refractivity contribution in [1.29, 1.82) is 5.41 Å². The van der Waals surface area contributed by atoms with Gasteiger partial charge in [0, 0.05) is 11.8 Å². The molecule has 6 heteroatoms. The lowest BCUT2D eigenvalue weighted by Crippen LogP contribution is -2.55. The second kappa shape index (κ2) is 4.78. The standard InChI is InChI=1S/C13H18N2O3.ClH/c14-10(15)6-18-12(17)13-3-7-1-8(4-13)11(16)9(2-7)5-13;/h7-9H,1-6H2,(H3,14,15);1H. The fourth-order valence-electron chi connectivity index (χ4n) is 4.29. The van der Waals surface area contributed by atoms with Crippen LogP contribution in [0.3, 0.4) is 0 Å². The van der Waals surface area contributed by atoms with E-state index in [1.165, 1.54) is 0 Å². The molecule has 3 N–H and O–H groups in total. The van der Waals surface area contributed by atoms with Crippen molar-refractivity contribution in [3.8, 4) is 0 Å². The van der Waals surface area contributed by atoms with Gasteiger partial charge in [-0.3, -0.25) is 15.0 Å². The van der Waals surface area contributed by atoms with Crippen LogP contribution in [0.4, 0.5) is 0 Å². The maximum atomic E-state index is 12.2. The molecule has 4 aliphatic rings. The largest absolute Gasteiger partial charge is 0.457 e. The molecule has 0 aromatic rings. The summed E-state index contributed by atoms with van der Waals surface area (Å²) in [7, 11) is 0. The van der Waals surface area contributed by atoms with E-state index in [2.05, 4.69) is 0 Å². The monoisotopic (exact) mass is 286 g/mol. The number of nitrogens with two attached hydrogens (primary N) is 1. The molecule has 4 saturated carbocycles. The highest BCUT2D eigenvalue weighted by Gasteiger charge is 2.58. The first-order chi connectivity index (χ1) is 8.50. The van der Waals surface area contributed by atoms with Gasteiger partial charge in [-0.25, -0.2) is 0 Å². The second-order valence-electron chi connectivity index (χ2n) is 6.13. The van der Waals surface area contributed by atoms with Crippen LogP contribution in [0.5, 0.6) is 0 Å². The molecule has 4 fully saturated rings. The Labute approximate surface area is 118 Å². The molecule has 0 radical (unpaired) electrons. The molecular weight excluding hydrogens is 268 g/mol. The molecule has 4 rings (SSSR count). The van der Waals surface area contributed by atoms with Crippen molar-refractivity contribution < 1.29 is 14.3 Å². The SMILES string of the molecule is Cl.N=C(N)COC(=O)C12CC3CC(C1)C(=O)C(C3)C2. The number of hydrogen-bond acceptors (Lipinski definition) is 4. The van der Waals surface area contributed by atoms with E-state index in [-0.39, 0.29) is 42.7 Å². The molecule has 0 aliphatic heterocycles. The van der Waals surface area contributed by atoms with Crippen molar-refractivity contribution in [2.75, 3.05) is 6.61 Å². The summed E-state index contributed by atoms with van der Waals surface area (Å²) >= 11 is 0. The molecule has 2 atom stereocenters. The van der Waals surface area contributed by atoms with Gasteiger partial charge in [0.1, 0.15) is 18.2 Å². The number of carbonyl (C=O) groups is 2. The Morgan fingerprint density at radius 3 is 2.42 bits per heavy atom. The van der Waals surface area contributed by atoms with Gasteiger partial charge < -0.3 is 10.5 Å². The van der Waals surface area contributed by atoms with Crippen molar-refractivity contribution in [1.82, 2.24) is 0 Å². The van der Waals surface area contributed by atoms with Crippen molar-refractivity contribution in [2.45, 2.75) is 32.1 Å². The zero-order valence-corrected chi connectivity index (χ0v) is 11.5. The minimum Gasteiger partial charge on any atom is -0.457 e. The average Bonchev–Trinajstić information content (AvgIpc) is 2.31. The molecule has 0 aromatic carbocycles. The van der Waals surface area contributed by atoms with Gasteiger partial charge in [-0.15, -0.1) is 12.4 Å². The van der Waals surface area contributed by atoms with E-state index in [0.29, 0.717) is 24.5 Å². The minimum absolute atomic E-state index is 0. The third kappa shape index (κ3) is 2.24. The number of esters is 1. The van der Waals surface area contributed by atoms with Gasteiger partial charge in [0.15, 0.2) is 0 Å². The van der Waals surface area contributed by atoms with Crippen molar-refractivity contribution in [2.24, 2.45) is 28.9 Å². The molecule has 4 bridgehead atoms. The number of ketones is 1. The van der Waals surface area contributed by atoms with Gasteiger partial charge in [0.05, 0.1) is 5.41 Å². The van der Waals surface area contributed by atoms with Gasteiger partial charge in [0.25, 0.3) is 0 Å². The van der Waals surface area contributed by atoms with E-state index in [9.17, 15) is 9.59 Å². The number of amidine groups is 1. The number of ether oxygens (including phenoxy) is 1. The Morgan fingerprint density at radius 2 is 1.89 bits per heavy atom. The zero-order valence-electron chi connectivity index (χ0n) is 10.7. The Balaban J connectivity index is 0.00000133. The van der Waals surface area contributed by atoms with Crippen LogP contribution in [0.15, 0.2) is 0 Å². The first-order valence-electron chi connectivity index (χ1n) is 6.54. The number of rotatable bonds is 3. The maximum absolute atomic E-state index is 12.2. The van der Waals surface area contributed by atoms with Gasteiger partial charge in [-0.2, -0.15) is 0 Å². The predicted octanol–water partition coefficient (Wildman–Crippen LogP) is 1.28.